The van der Waals surface area contributed by atoms with Crippen molar-refractivity contribution >= 4 is 33.2 Å². The van der Waals surface area contributed by atoms with Crippen LogP contribution in [0.1, 0.15) is 29.8 Å². The lowest BCUT2D eigenvalue weighted by molar-refractivity contribution is 0.660. The van der Waals surface area contributed by atoms with Gasteiger partial charge in [-0.1, -0.05) is 39.7 Å². The molecule has 5 heteroatoms. The maximum Gasteiger partial charge on any atom is 0.165 e. The predicted octanol–water partition coefficient (Wildman–Crippen LogP) is 5.00. The van der Waals surface area contributed by atoms with Crippen LogP contribution in [0.15, 0.2) is 28.7 Å². The fourth-order valence-electron chi connectivity index (χ4n) is 3.20. The SMILES string of the molecule is Cc1nn2c(Cl)c3c(nc2c1-c1ccc(Br)cc1)CCCC3. The van der Waals surface area contributed by atoms with Crippen LogP contribution in [0, 0.1) is 6.92 Å². The van der Waals surface area contributed by atoms with Gasteiger partial charge in [-0.2, -0.15) is 5.10 Å². The van der Waals surface area contributed by atoms with Crippen molar-refractivity contribution in [3.8, 4) is 11.1 Å². The van der Waals surface area contributed by atoms with Gasteiger partial charge in [-0.3, -0.25) is 0 Å². The molecular formula is C17H15BrClN3. The van der Waals surface area contributed by atoms with Crippen molar-refractivity contribution in [3.05, 3.63) is 50.8 Å². The molecule has 0 aliphatic heterocycles. The van der Waals surface area contributed by atoms with Crippen molar-refractivity contribution < 1.29 is 0 Å². The van der Waals surface area contributed by atoms with Crippen molar-refractivity contribution in [3.63, 3.8) is 0 Å². The van der Waals surface area contributed by atoms with E-state index in [1.54, 1.807) is 4.52 Å². The molecule has 1 aromatic carbocycles. The average molecular weight is 377 g/mol. The summed E-state index contributed by atoms with van der Waals surface area (Å²) in [4.78, 5) is 4.90. The fourth-order valence-corrected chi connectivity index (χ4v) is 3.79. The van der Waals surface area contributed by atoms with Crippen molar-refractivity contribution in [2.24, 2.45) is 0 Å². The minimum Gasteiger partial charge on any atom is -0.233 e. The number of nitrogens with zero attached hydrogens (tertiary/aromatic N) is 3. The van der Waals surface area contributed by atoms with Crippen LogP contribution >= 0.6 is 27.5 Å². The third-order valence-electron chi connectivity index (χ3n) is 4.28. The van der Waals surface area contributed by atoms with Crippen LogP contribution in [-0.4, -0.2) is 14.6 Å². The molecule has 2 aromatic heterocycles. The van der Waals surface area contributed by atoms with Gasteiger partial charge in [0.1, 0.15) is 5.15 Å². The van der Waals surface area contributed by atoms with E-state index >= 15 is 0 Å². The van der Waals surface area contributed by atoms with Gasteiger partial charge in [0.05, 0.1) is 5.69 Å². The Bertz CT molecular complexity index is 868. The Hall–Kier alpha value is -1.39. The monoisotopic (exact) mass is 375 g/mol. The van der Waals surface area contributed by atoms with E-state index in [-0.39, 0.29) is 0 Å². The Kier molecular flexibility index (Phi) is 3.46. The molecule has 0 unspecified atom stereocenters. The van der Waals surface area contributed by atoms with E-state index in [1.807, 2.05) is 19.1 Å². The highest BCUT2D eigenvalue weighted by Gasteiger charge is 2.21. The third kappa shape index (κ3) is 2.17. The second-order valence-electron chi connectivity index (χ2n) is 5.74. The summed E-state index contributed by atoms with van der Waals surface area (Å²) in [5.74, 6) is 0. The molecule has 0 saturated carbocycles. The highest BCUT2D eigenvalue weighted by atomic mass is 79.9. The van der Waals surface area contributed by atoms with E-state index in [2.05, 4.69) is 33.2 Å². The van der Waals surface area contributed by atoms with Crippen LogP contribution in [0.3, 0.4) is 0 Å². The summed E-state index contributed by atoms with van der Waals surface area (Å²) in [6.07, 6.45) is 4.38. The number of hydrogen-bond acceptors (Lipinski definition) is 2. The largest absolute Gasteiger partial charge is 0.233 e. The molecular weight excluding hydrogens is 362 g/mol. The van der Waals surface area contributed by atoms with Crippen LogP contribution in [0.4, 0.5) is 0 Å². The standard InChI is InChI=1S/C17H15BrClN3/c1-10-15(11-6-8-12(18)9-7-11)17-20-14-5-3-2-4-13(14)16(19)22(17)21-10/h6-9H,2-5H2,1H3. The van der Waals surface area contributed by atoms with Crippen LogP contribution in [-0.2, 0) is 12.8 Å². The summed E-state index contributed by atoms with van der Waals surface area (Å²) in [5, 5.41) is 5.36. The second kappa shape index (κ2) is 5.36. The van der Waals surface area contributed by atoms with Gasteiger partial charge in [0, 0.05) is 21.3 Å². The molecule has 0 fully saturated rings. The van der Waals surface area contributed by atoms with Gasteiger partial charge in [-0.05, 0) is 50.3 Å². The Labute approximate surface area is 142 Å². The molecule has 22 heavy (non-hydrogen) atoms. The first kappa shape index (κ1) is 14.2. The van der Waals surface area contributed by atoms with Gasteiger partial charge in [-0.15, -0.1) is 0 Å². The summed E-state index contributed by atoms with van der Waals surface area (Å²) >= 11 is 10.1. The van der Waals surface area contributed by atoms with E-state index in [0.29, 0.717) is 0 Å². The summed E-state index contributed by atoms with van der Waals surface area (Å²) < 4.78 is 2.87. The molecule has 112 valence electrons. The predicted molar refractivity (Wildman–Crippen MR) is 92.5 cm³/mol. The number of aryl methyl sites for hydroxylation is 2. The van der Waals surface area contributed by atoms with E-state index in [1.165, 1.54) is 18.4 Å². The number of benzene rings is 1. The van der Waals surface area contributed by atoms with Crippen LogP contribution in [0.2, 0.25) is 5.15 Å². The van der Waals surface area contributed by atoms with E-state index in [9.17, 15) is 0 Å². The number of hydrogen-bond donors (Lipinski definition) is 0. The molecule has 0 bridgehead atoms. The van der Waals surface area contributed by atoms with Crippen molar-refractivity contribution in [2.45, 2.75) is 32.6 Å². The van der Waals surface area contributed by atoms with Crippen LogP contribution < -0.4 is 0 Å². The number of rotatable bonds is 1. The molecule has 1 aliphatic carbocycles. The Morgan fingerprint density at radius 2 is 1.86 bits per heavy atom. The molecule has 0 amide bonds. The molecule has 4 rings (SSSR count). The minimum absolute atomic E-state index is 0.728. The van der Waals surface area contributed by atoms with Gasteiger partial charge in [0.25, 0.3) is 0 Å². The minimum atomic E-state index is 0.728. The second-order valence-corrected chi connectivity index (χ2v) is 7.01. The first-order valence-corrected chi connectivity index (χ1v) is 8.65. The summed E-state index contributed by atoms with van der Waals surface area (Å²) in [7, 11) is 0. The Morgan fingerprint density at radius 3 is 2.64 bits per heavy atom. The first-order valence-electron chi connectivity index (χ1n) is 7.47. The molecule has 2 heterocycles. The van der Waals surface area contributed by atoms with Crippen LogP contribution in [0.5, 0.6) is 0 Å². The van der Waals surface area contributed by atoms with Gasteiger partial charge in [0.15, 0.2) is 5.65 Å². The molecule has 0 spiro atoms. The molecule has 1 aliphatic rings. The fraction of sp³-hybridized carbons (Fsp3) is 0.294. The molecule has 0 atom stereocenters. The summed E-state index contributed by atoms with van der Waals surface area (Å²) in [5.41, 5.74) is 6.33. The topological polar surface area (TPSA) is 30.2 Å². The van der Waals surface area contributed by atoms with Crippen LogP contribution in [0.25, 0.3) is 16.8 Å². The highest BCUT2D eigenvalue weighted by Crippen LogP contribution is 2.33. The molecule has 3 aromatic rings. The van der Waals surface area contributed by atoms with Gasteiger partial charge in [-0.25, -0.2) is 9.50 Å². The average Bonchev–Trinajstić information content (AvgIpc) is 2.85. The molecule has 0 saturated heterocycles. The van der Waals surface area contributed by atoms with Gasteiger partial charge in [0.2, 0.25) is 0 Å². The van der Waals surface area contributed by atoms with E-state index in [0.717, 1.165) is 50.6 Å². The zero-order chi connectivity index (χ0) is 15.3. The molecule has 3 nitrogen and oxygen atoms in total. The van der Waals surface area contributed by atoms with E-state index < -0.39 is 0 Å². The zero-order valence-corrected chi connectivity index (χ0v) is 14.6. The molecule has 0 N–H and O–H groups in total. The maximum atomic E-state index is 6.61. The Morgan fingerprint density at radius 1 is 1.14 bits per heavy atom. The third-order valence-corrected chi connectivity index (χ3v) is 5.20. The van der Waals surface area contributed by atoms with Crippen molar-refractivity contribution in [1.29, 1.82) is 0 Å². The maximum absolute atomic E-state index is 6.61. The lowest BCUT2D eigenvalue weighted by atomic mass is 9.97. The molecule has 0 radical (unpaired) electrons. The first-order chi connectivity index (χ1) is 10.6. The summed E-state index contributed by atoms with van der Waals surface area (Å²) in [6.45, 7) is 2.02. The van der Waals surface area contributed by atoms with Gasteiger partial charge >= 0.3 is 0 Å². The smallest absolute Gasteiger partial charge is 0.165 e. The highest BCUT2D eigenvalue weighted by molar-refractivity contribution is 9.10. The van der Waals surface area contributed by atoms with Crippen molar-refractivity contribution in [1.82, 2.24) is 14.6 Å². The van der Waals surface area contributed by atoms with Gasteiger partial charge < -0.3 is 0 Å². The van der Waals surface area contributed by atoms with E-state index in [4.69, 9.17) is 16.6 Å². The Balaban J connectivity index is 2.01. The lowest BCUT2D eigenvalue weighted by Crippen LogP contribution is -2.10. The van der Waals surface area contributed by atoms with Crippen molar-refractivity contribution in [2.75, 3.05) is 0 Å². The normalized spacial score (nSPS) is 14.3. The lowest BCUT2D eigenvalue weighted by Gasteiger charge is -2.16. The number of aromatic nitrogens is 3. The number of fused-ring (bicyclic) bond motifs is 2. The quantitative estimate of drug-likeness (QED) is 0.559. The number of halogens is 2. The summed E-state index contributed by atoms with van der Waals surface area (Å²) in [6, 6.07) is 8.25. The zero-order valence-electron chi connectivity index (χ0n) is 12.2.